The highest BCUT2D eigenvalue weighted by Crippen LogP contribution is 2.36. The summed E-state index contributed by atoms with van der Waals surface area (Å²) in [6, 6.07) is 20.5. The zero-order valence-electron chi connectivity index (χ0n) is 23.7. The number of nitrogens with zero attached hydrogens (tertiary/aromatic N) is 3. The van der Waals surface area contributed by atoms with Gasteiger partial charge in [-0.15, -0.1) is 12.4 Å². The second-order valence-corrected chi connectivity index (χ2v) is 13.1. The maximum atomic E-state index is 13.1. The molecule has 0 saturated carbocycles. The van der Waals surface area contributed by atoms with Crippen LogP contribution in [0.15, 0.2) is 72.8 Å². The average molecular weight is 646 g/mol. The summed E-state index contributed by atoms with van der Waals surface area (Å²) < 4.78 is 27.3. The van der Waals surface area contributed by atoms with Gasteiger partial charge in [-0.05, 0) is 66.6 Å². The van der Waals surface area contributed by atoms with Crippen LogP contribution in [0.4, 0.5) is 5.69 Å². The molecule has 2 heterocycles. The molecule has 228 valence electrons. The molecule has 3 aromatic rings. The Hall–Kier alpha value is -3.44. The van der Waals surface area contributed by atoms with E-state index >= 15 is 0 Å². The van der Waals surface area contributed by atoms with E-state index in [2.05, 4.69) is 0 Å². The number of halogens is 2. The number of para-hydroxylation sites is 1. The van der Waals surface area contributed by atoms with E-state index in [9.17, 15) is 22.8 Å². The van der Waals surface area contributed by atoms with Crippen molar-refractivity contribution in [2.45, 2.75) is 31.2 Å². The van der Waals surface area contributed by atoms with Crippen molar-refractivity contribution in [3.8, 4) is 0 Å². The van der Waals surface area contributed by atoms with E-state index in [1.165, 1.54) is 4.31 Å². The molecule has 1 atom stereocenters. The zero-order valence-corrected chi connectivity index (χ0v) is 26.1. The number of sulfonamides is 1. The Morgan fingerprint density at radius 2 is 1.51 bits per heavy atom. The maximum absolute atomic E-state index is 13.1. The van der Waals surface area contributed by atoms with Crippen LogP contribution >= 0.6 is 24.0 Å². The Bertz CT molecular complexity index is 1570. The quantitative estimate of drug-likeness (QED) is 0.350. The van der Waals surface area contributed by atoms with Crippen LogP contribution in [0.25, 0.3) is 0 Å². The van der Waals surface area contributed by atoms with E-state index in [1.807, 2.05) is 24.3 Å². The monoisotopic (exact) mass is 644 g/mol. The molecule has 12 heteroatoms. The number of piperidine rings is 1. The van der Waals surface area contributed by atoms with Gasteiger partial charge in [0.15, 0.2) is 0 Å². The van der Waals surface area contributed by atoms with Crippen LogP contribution in [-0.4, -0.2) is 74.4 Å². The van der Waals surface area contributed by atoms with Gasteiger partial charge < -0.3 is 10.6 Å². The predicted octanol–water partition coefficient (Wildman–Crippen LogP) is 4.10. The number of nitrogens with two attached hydrogens (primary N) is 1. The molecule has 0 bridgehead atoms. The van der Waals surface area contributed by atoms with Gasteiger partial charge in [-0.1, -0.05) is 54.1 Å². The standard InChI is InChI=1S/C31H33ClN4O5S.ClH/c1-42(40,41)36(19-18-35-29(37)25-7-2-3-8-26(25)30(35)38)28-9-5-4-6-24(28)22-14-16-34(17-15-22)31(39)27(33)20-21-10-12-23(32)13-11-21;/h2-13,22,27H,14-20,33H2,1H3;1H/t27-;/m1./s1. The lowest BCUT2D eigenvalue weighted by atomic mass is 9.88. The summed E-state index contributed by atoms with van der Waals surface area (Å²) in [5, 5.41) is 0.624. The average Bonchev–Trinajstić information content (AvgIpc) is 3.22. The molecule has 0 radical (unpaired) electrons. The summed E-state index contributed by atoms with van der Waals surface area (Å²) in [5.41, 5.74) is 9.20. The Morgan fingerprint density at radius 3 is 2.09 bits per heavy atom. The topological polar surface area (TPSA) is 121 Å². The largest absolute Gasteiger partial charge is 0.341 e. The molecule has 1 saturated heterocycles. The molecule has 2 aliphatic rings. The number of carbonyl (C=O) groups excluding carboxylic acids is 3. The van der Waals surface area contributed by atoms with Crippen molar-refractivity contribution in [1.82, 2.24) is 9.80 Å². The lowest BCUT2D eigenvalue weighted by molar-refractivity contribution is -0.133. The van der Waals surface area contributed by atoms with Crippen LogP contribution < -0.4 is 10.0 Å². The number of anilines is 1. The molecular weight excluding hydrogens is 611 g/mol. The number of imide groups is 1. The van der Waals surface area contributed by atoms with Crippen LogP contribution in [0.1, 0.15) is 50.6 Å². The zero-order chi connectivity index (χ0) is 30.0. The van der Waals surface area contributed by atoms with Crippen molar-refractivity contribution in [1.29, 1.82) is 0 Å². The number of amides is 3. The van der Waals surface area contributed by atoms with E-state index < -0.39 is 27.9 Å². The van der Waals surface area contributed by atoms with Crippen LogP contribution in [0.2, 0.25) is 5.02 Å². The van der Waals surface area contributed by atoms with Crippen LogP contribution in [0.5, 0.6) is 0 Å². The number of hydrogen-bond acceptors (Lipinski definition) is 6. The lowest BCUT2D eigenvalue weighted by Gasteiger charge is -2.35. The highest BCUT2D eigenvalue weighted by molar-refractivity contribution is 7.92. The van der Waals surface area contributed by atoms with Crippen molar-refractivity contribution in [3.63, 3.8) is 0 Å². The Kier molecular flexibility index (Phi) is 10.2. The fraction of sp³-hybridized carbons (Fsp3) is 0.323. The van der Waals surface area contributed by atoms with Gasteiger partial charge in [0.05, 0.1) is 35.7 Å². The third-order valence-corrected chi connectivity index (χ3v) is 9.38. The normalized spacial score (nSPS) is 16.1. The fourth-order valence-electron chi connectivity index (χ4n) is 5.76. The second kappa shape index (κ2) is 13.5. The molecule has 0 aliphatic carbocycles. The molecule has 43 heavy (non-hydrogen) atoms. The van der Waals surface area contributed by atoms with Gasteiger partial charge in [-0.2, -0.15) is 0 Å². The molecule has 2 aliphatic heterocycles. The van der Waals surface area contributed by atoms with Crippen LogP contribution in [0, 0.1) is 0 Å². The number of hydrogen-bond donors (Lipinski definition) is 1. The SMILES string of the molecule is CS(=O)(=O)N(CCN1C(=O)c2ccccc2C1=O)c1ccccc1C1CCN(C(=O)[C@H](N)Cc2ccc(Cl)cc2)CC1.Cl. The third kappa shape index (κ3) is 7.04. The van der Waals surface area contributed by atoms with E-state index in [-0.39, 0.29) is 37.3 Å². The summed E-state index contributed by atoms with van der Waals surface area (Å²) in [7, 11) is -3.75. The lowest BCUT2D eigenvalue weighted by Crippen LogP contribution is -2.48. The molecule has 9 nitrogen and oxygen atoms in total. The first-order valence-corrected chi connectivity index (χ1v) is 16.1. The third-order valence-electron chi connectivity index (χ3n) is 7.94. The van der Waals surface area contributed by atoms with Gasteiger partial charge in [0.1, 0.15) is 0 Å². The van der Waals surface area contributed by atoms with Gasteiger partial charge in [-0.3, -0.25) is 23.6 Å². The molecule has 5 rings (SSSR count). The number of fused-ring (bicyclic) bond motifs is 1. The first kappa shape index (κ1) is 32.5. The highest BCUT2D eigenvalue weighted by atomic mass is 35.5. The van der Waals surface area contributed by atoms with Crippen LogP contribution in [-0.2, 0) is 21.2 Å². The number of benzene rings is 3. The van der Waals surface area contributed by atoms with E-state index in [0.717, 1.165) is 22.3 Å². The van der Waals surface area contributed by atoms with Crippen molar-refractivity contribution in [2.75, 3.05) is 36.7 Å². The molecule has 3 aromatic carbocycles. The minimum absolute atomic E-state index is 0. The smallest absolute Gasteiger partial charge is 0.261 e. The van der Waals surface area contributed by atoms with Gasteiger partial charge >= 0.3 is 0 Å². The van der Waals surface area contributed by atoms with E-state index in [0.29, 0.717) is 54.2 Å². The molecule has 0 spiro atoms. The van der Waals surface area contributed by atoms with Gasteiger partial charge in [0.2, 0.25) is 15.9 Å². The molecule has 0 aromatic heterocycles. The van der Waals surface area contributed by atoms with Gasteiger partial charge in [-0.25, -0.2) is 8.42 Å². The first-order valence-electron chi connectivity index (χ1n) is 13.8. The fourth-order valence-corrected chi connectivity index (χ4v) is 6.83. The minimum atomic E-state index is -3.75. The minimum Gasteiger partial charge on any atom is -0.341 e. The summed E-state index contributed by atoms with van der Waals surface area (Å²) >= 11 is 5.96. The molecule has 0 unspecified atom stereocenters. The second-order valence-electron chi connectivity index (χ2n) is 10.7. The summed E-state index contributed by atoms with van der Waals surface area (Å²) in [4.78, 5) is 41.7. The summed E-state index contributed by atoms with van der Waals surface area (Å²) in [6.45, 7) is 0.852. The molecule has 2 N–H and O–H groups in total. The van der Waals surface area contributed by atoms with Crippen molar-refractivity contribution in [3.05, 3.63) is 100 Å². The van der Waals surface area contributed by atoms with Crippen molar-refractivity contribution in [2.24, 2.45) is 5.73 Å². The first-order chi connectivity index (χ1) is 20.0. The Labute approximate surface area is 263 Å². The van der Waals surface area contributed by atoms with E-state index in [4.69, 9.17) is 17.3 Å². The van der Waals surface area contributed by atoms with Crippen molar-refractivity contribution < 1.29 is 22.8 Å². The number of carbonyl (C=O) groups is 3. The number of rotatable bonds is 9. The van der Waals surface area contributed by atoms with Gasteiger partial charge in [0, 0.05) is 24.7 Å². The summed E-state index contributed by atoms with van der Waals surface area (Å²) in [6.07, 6.45) is 2.82. The van der Waals surface area contributed by atoms with Crippen molar-refractivity contribution >= 4 is 57.4 Å². The Morgan fingerprint density at radius 1 is 0.953 bits per heavy atom. The van der Waals surface area contributed by atoms with Crippen LogP contribution in [0.3, 0.4) is 0 Å². The summed E-state index contributed by atoms with van der Waals surface area (Å²) in [5.74, 6) is -0.955. The highest BCUT2D eigenvalue weighted by Gasteiger charge is 2.36. The maximum Gasteiger partial charge on any atom is 0.261 e. The molecule has 1 fully saturated rings. The number of likely N-dealkylation sites (tertiary alicyclic amines) is 1. The Balaban J connectivity index is 0.00000423. The predicted molar refractivity (Wildman–Crippen MR) is 169 cm³/mol. The van der Waals surface area contributed by atoms with Gasteiger partial charge in [0.25, 0.3) is 11.8 Å². The van der Waals surface area contributed by atoms with E-state index in [1.54, 1.807) is 53.4 Å². The molecular formula is C31H34Cl2N4O5S. The molecule has 3 amide bonds.